The normalized spacial score (nSPS) is 12.6. The number of nitrogens with zero attached hydrogens (tertiary/aromatic N) is 1. The van der Waals surface area contributed by atoms with Crippen molar-refractivity contribution in [3.8, 4) is 5.75 Å². The molecule has 0 saturated heterocycles. The van der Waals surface area contributed by atoms with Crippen LogP contribution in [0.3, 0.4) is 0 Å². The summed E-state index contributed by atoms with van der Waals surface area (Å²) in [6.07, 6.45) is 2.38. The smallest absolute Gasteiger partial charge is 0.326 e. The molecule has 0 fully saturated rings. The number of ether oxygens (including phenoxy) is 1. The molecule has 0 spiro atoms. The van der Waals surface area contributed by atoms with Crippen LogP contribution >= 0.6 is 0 Å². The number of carboxylic acid groups (broad SMARTS) is 1. The molecule has 0 aliphatic rings. The van der Waals surface area contributed by atoms with Gasteiger partial charge in [-0.3, -0.25) is 0 Å². The van der Waals surface area contributed by atoms with E-state index >= 15 is 0 Å². The largest absolute Gasteiger partial charge is 0.494 e. The Morgan fingerprint density at radius 3 is 2.78 bits per heavy atom. The Morgan fingerprint density at radius 2 is 2.17 bits per heavy atom. The van der Waals surface area contributed by atoms with Crippen molar-refractivity contribution in [2.45, 2.75) is 26.3 Å². The molecule has 2 aromatic rings. The molecule has 0 aliphatic carbocycles. The van der Waals surface area contributed by atoms with Gasteiger partial charge in [0.25, 0.3) is 0 Å². The van der Waals surface area contributed by atoms with Crippen molar-refractivity contribution >= 4 is 16.9 Å². The summed E-state index contributed by atoms with van der Waals surface area (Å²) < 4.78 is 7.23. The van der Waals surface area contributed by atoms with Crippen molar-refractivity contribution in [2.75, 3.05) is 6.61 Å². The lowest BCUT2D eigenvalue weighted by Gasteiger charge is -2.13. The number of aromatic nitrogens is 1. The van der Waals surface area contributed by atoms with E-state index in [0.717, 1.165) is 16.7 Å². The summed E-state index contributed by atoms with van der Waals surface area (Å²) in [5.41, 5.74) is 0.924. The topological polar surface area (TPSA) is 51.5 Å². The van der Waals surface area contributed by atoms with Gasteiger partial charge in [0, 0.05) is 17.1 Å². The van der Waals surface area contributed by atoms with E-state index in [2.05, 4.69) is 0 Å². The van der Waals surface area contributed by atoms with Gasteiger partial charge in [-0.25, -0.2) is 4.79 Å². The fourth-order valence-corrected chi connectivity index (χ4v) is 2.16. The van der Waals surface area contributed by atoms with Crippen LogP contribution in [0.5, 0.6) is 5.75 Å². The summed E-state index contributed by atoms with van der Waals surface area (Å²) in [6.45, 7) is 4.44. The van der Waals surface area contributed by atoms with Crippen molar-refractivity contribution in [2.24, 2.45) is 0 Å². The molecule has 2 rings (SSSR count). The lowest BCUT2D eigenvalue weighted by atomic mass is 10.2. The van der Waals surface area contributed by atoms with Crippen LogP contribution < -0.4 is 4.74 Å². The van der Waals surface area contributed by atoms with Gasteiger partial charge in [-0.15, -0.1) is 0 Å². The van der Waals surface area contributed by atoms with Crippen LogP contribution in [-0.4, -0.2) is 22.2 Å². The summed E-state index contributed by atoms with van der Waals surface area (Å²) in [7, 11) is 0. The van der Waals surface area contributed by atoms with Gasteiger partial charge < -0.3 is 14.4 Å². The van der Waals surface area contributed by atoms with E-state index in [-0.39, 0.29) is 0 Å². The number of aliphatic carboxylic acids is 1. The molecule has 0 bridgehead atoms. The molecule has 1 aromatic heterocycles. The molecule has 4 heteroatoms. The third-order valence-electron chi connectivity index (χ3n) is 3.01. The van der Waals surface area contributed by atoms with Crippen molar-refractivity contribution in [1.82, 2.24) is 4.57 Å². The highest BCUT2D eigenvalue weighted by Crippen LogP contribution is 2.26. The fourth-order valence-electron chi connectivity index (χ4n) is 2.16. The van der Waals surface area contributed by atoms with Gasteiger partial charge in [0.2, 0.25) is 0 Å². The lowest BCUT2D eigenvalue weighted by Crippen LogP contribution is -2.17. The average Bonchev–Trinajstić information content (AvgIpc) is 2.73. The molecule has 0 amide bonds. The third kappa shape index (κ3) is 2.18. The predicted octanol–water partition coefficient (Wildman–Crippen LogP) is 3.08. The molecule has 0 saturated carbocycles. The number of benzene rings is 1. The summed E-state index contributed by atoms with van der Waals surface area (Å²) in [5, 5.41) is 10.2. The zero-order valence-electron chi connectivity index (χ0n) is 10.6. The summed E-state index contributed by atoms with van der Waals surface area (Å²) in [6, 6.07) is 7.12. The molecule has 1 unspecified atom stereocenters. The minimum Gasteiger partial charge on any atom is -0.494 e. The fraction of sp³-hybridized carbons (Fsp3) is 0.357. The predicted molar refractivity (Wildman–Crippen MR) is 70.1 cm³/mol. The number of fused-ring (bicyclic) bond motifs is 1. The SMILES string of the molecule is CCOc1ccc2c(ccn2C(CC)C(=O)O)c1. The standard InChI is InChI=1S/C14H17NO3/c1-3-12(14(16)17)15-8-7-10-9-11(18-4-2)5-6-13(10)15/h5-9,12H,3-4H2,1-2H3,(H,16,17). The number of rotatable bonds is 5. The van der Waals surface area contributed by atoms with Gasteiger partial charge >= 0.3 is 5.97 Å². The van der Waals surface area contributed by atoms with Crippen molar-refractivity contribution < 1.29 is 14.6 Å². The molecule has 1 heterocycles. The number of carbonyl (C=O) groups is 1. The van der Waals surface area contributed by atoms with Crippen LogP contribution in [0.15, 0.2) is 30.5 Å². The van der Waals surface area contributed by atoms with Gasteiger partial charge in [0.1, 0.15) is 11.8 Å². The first-order chi connectivity index (χ1) is 8.67. The Bertz CT molecular complexity index is 559. The molecule has 0 radical (unpaired) electrons. The highest BCUT2D eigenvalue weighted by molar-refractivity contribution is 5.84. The van der Waals surface area contributed by atoms with Crippen LogP contribution in [0, 0.1) is 0 Å². The van der Waals surface area contributed by atoms with Gasteiger partial charge in [-0.2, -0.15) is 0 Å². The molecular weight excluding hydrogens is 230 g/mol. The Labute approximate surface area is 106 Å². The van der Waals surface area contributed by atoms with E-state index in [1.165, 1.54) is 0 Å². The number of hydrogen-bond acceptors (Lipinski definition) is 2. The Hall–Kier alpha value is -1.97. The molecule has 4 nitrogen and oxygen atoms in total. The maximum atomic E-state index is 11.2. The minimum atomic E-state index is -0.802. The number of hydrogen-bond donors (Lipinski definition) is 1. The van der Waals surface area contributed by atoms with E-state index in [1.807, 2.05) is 44.3 Å². The van der Waals surface area contributed by atoms with E-state index < -0.39 is 12.0 Å². The van der Waals surface area contributed by atoms with Crippen LogP contribution in [0.2, 0.25) is 0 Å². The zero-order chi connectivity index (χ0) is 13.1. The first-order valence-corrected chi connectivity index (χ1v) is 6.13. The van der Waals surface area contributed by atoms with Crippen LogP contribution in [0.1, 0.15) is 26.3 Å². The van der Waals surface area contributed by atoms with Gasteiger partial charge in [0.05, 0.1) is 6.61 Å². The Balaban J connectivity index is 2.45. The van der Waals surface area contributed by atoms with Crippen molar-refractivity contribution in [1.29, 1.82) is 0 Å². The van der Waals surface area contributed by atoms with Gasteiger partial charge in [-0.1, -0.05) is 6.92 Å². The maximum absolute atomic E-state index is 11.2. The second-order valence-corrected chi connectivity index (χ2v) is 4.14. The van der Waals surface area contributed by atoms with E-state index in [1.54, 1.807) is 4.57 Å². The summed E-state index contributed by atoms with van der Waals surface area (Å²) >= 11 is 0. The molecule has 1 atom stereocenters. The third-order valence-corrected chi connectivity index (χ3v) is 3.01. The Kier molecular flexibility index (Phi) is 3.55. The molecule has 1 N–H and O–H groups in total. The summed E-state index contributed by atoms with van der Waals surface area (Å²) in [5.74, 6) is 0.00927. The molecule has 18 heavy (non-hydrogen) atoms. The van der Waals surface area contributed by atoms with Crippen LogP contribution in [0.25, 0.3) is 10.9 Å². The van der Waals surface area contributed by atoms with E-state index in [4.69, 9.17) is 4.74 Å². The monoisotopic (exact) mass is 247 g/mol. The highest BCUT2D eigenvalue weighted by atomic mass is 16.5. The second-order valence-electron chi connectivity index (χ2n) is 4.14. The van der Waals surface area contributed by atoms with Crippen molar-refractivity contribution in [3.63, 3.8) is 0 Å². The minimum absolute atomic E-state index is 0.513. The summed E-state index contributed by atoms with van der Waals surface area (Å²) in [4.78, 5) is 11.2. The molecule has 96 valence electrons. The first kappa shape index (κ1) is 12.5. The highest BCUT2D eigenvalue weighted by Gasteiger charge is 2.18. The quantitative estimate of drug-likeness (QED) is 0.883. The van der Waals surface area contributed by atoms with Gasteiger partial charge in [-0.05, 0) is 37.6 Å². The molecule has 1 aromatic carbocycles. The average molecular weight is 247 g/mol. The lowest BCUT2D eigenvalue weighted by molar-refractivity contribution is -0.140. The maximum Gasteiger partial charge on any atom is 0.326 e. The molecular formula is C14H17NO3. The Morgan fingerprint density at radius 1 is 1.39 bits per heavy atom. The van der Waals surface area contributed by atoms with E-state index in [9.17, 15) is 9.90 Å². The van der Waals surface area contributed by atoms with Crippen molar-refractivity contribution in [3.05, 3.63) is 30.5 Å². The van der Waals surface area contributed by atoms with Crippen LogP contribution in [-0.2, 0) is 4.79 Å². The molecule has 0 aliphatic heterocycles. The van der Waals surface area contributed by atoms with E-state index in [0.29, 0.717) is 13.0 Å². The number of carboxylic acids is 1. The zero-order valence-corrected chi connectivity index (χ0v) is 10.6. The second kappa shape index (κ2) is 5.12. The van der Waals surface area contributed by atoms with Crippen LogP contribution in [0.4, 0.5) is 0 Å². The first-order valence-electron chi connectivity index (χ1n) is 6.13. The van der Waals surface area contributed by atoms with Gasteiger partial charge in [0.15, 0.2) is 0 Å².